The quantitative estimate of drug-likeness (QED) is 0.839. The van der Waals surface area contributed by atoms with E-state index in [0.717, 1.165) is 32.2 Å². The molecular weight excluding hydrogens is 240 g/mol. The Kier molecular flexibility index (Phi) is 7.05. The molecule has 1 amide bonds. The molecule has 0 bridgehead atoms. The van der Waals surface area contributed by atoms with Crippen LogP contribution in [-0.4, -0.2) is 42.6 Å². The summed E-state index contributed by atoms with van der Waals surface area (Å²) in [7, 11) is 1.70. The van der Waals surface area contributed by atoms with Crippen molar-refractivity contribution in [3.8, 4) is 0 Å². The molecule has 1 fully saturated rings. The van der Waals surface area contributed by atoms with Crippen molar-refractivity contribution in [2.45, 2.75) is 51.2 Å². The highest BCUT2D eigenvalue weighted by molar-refractivity contribution is 5.86. The van der Waals surface area contributed by atoms with Crippen LogP contribution < -0.4 is 5.73 Å². The van der Waals surface area contributed by atoms with Gasteiger partial charge in [-0.1, -0.05) is 13.3 Å². The maximum Gasteiger partial charge on any atom is 0.242 e. The minimum absolute atomic E-state index is 0. The fourth-order valence-corrected chi connectivity index (χ4v) is 2.30. The molecule has 1 heterocycles. The van der Waals surface area contributed by atoms with Crippen LogP contribution in [0.4, 0.5) is 0 Å². The molecule has 0 spiro atoms. The number of nitrogens with two attached hydrogens (primary N) is 1. The van der Waals surface area contributed by atoms with Gasteiger partial charge in [-0.05, 0) is 26.2 Å². The van der Waals surface area contributed by atoms with Gasteiger partial charge < -0.3 is 15.4 Å². The van der Waals surface area contributed by atoms with Crippen LogP contribution in [0.3, 0.4) is 0 Å². The summed E-state index contributed by atoms with van der Waals surface area (Å²) in [6, 6.07) is 0. The number of halogens is 1. The van der Waals surface area contributed by atoms with Crippen LogP contribution in [0.25, 0.3) is 0 Å². The van der Waals surface area contributed by atoms with Crippen molar-refractivity contribution in [1.82, 2.24) is 4.90 Å². The number of methoxy groups -OCH3 is 1. The molecule has 2 atom stereocenters. The summed E-state index contributed by atoms with van der Waals surface area (Å²) < 4.78 is 5.31. The summed E-state index contributed by atoms with van der Waals surface area (Å²) in [5.41, 5.74) is 5.34. The molecule has 2 unspecified atom stereocenters. The number of piperidine rings is 1. The van der Waals surface area contributed by atoms with E-state index < -0.39 is 5.54 Å². The van der Waals surface area contributed by atoms with E-state index >= 15 is 0 Å². The highest BCUT2D eigenvalue weighted by Crippen LogP contribution is 2.18. The van der Waals surface area contributed by atoms with Crippen LogP contribution in [0.1, 0.15) is 39.5 Å². The maximum atomic E-state index is 12.2. The number of rotatable bonds is 4. The van der Waals surface area contributed by atoms with Crippen LogP contribution in [0.5, 0.6) is 0 Å². The standard InChI is InChI=1S/C12H24N2O2.ClH/c1-4-7-12(2,13)11(15)14-8-5-6-10(9-14)16-3;/h10H,4-9,13H2,1-3H3;1H. The van der Waals surface area contributed by atoms with Gasteiger partial charge >= 0.3 is 0 Å². The van der Waals surface area contributed by atoms with Crippen LogP contribution in [0.15, 0.2) is 0 Å². The van der Waals surface area contributed by atoms with Crippen LogP contribution in [0, 0.1) is 0 Å². The zero-order chi connectivity index (χ0) is 12.2. The Morgan fingerprint density at radius 2 is 2.24 bits per heavy atom. The van der Waals surface area contributed by atoms with Gasteiger partial charge in [0.25, 0.3) is 0 Å². The third-order valence-electron chi connectivity index (χ3n) is 3.26. The lowest BCUT2D eigenvalue weighted by molar-refractivity contribution is -0.140. The average Bonchev–Trinajstić information content (AvgIpc) is 2.28. The van der Waals surface area contributed by atoms with E-state index in [1.165, 1.54) is 0 Å². The summed E-state index contributed by atoms with van der Waals surface area (Å²) in [6.45, 7) is 5.38. The molecule has 0 radical (unpaired) electrons. The summed E-state index contributed by atoms with van der Waals surface area (Å²) in [5, 5.41) is 0. The largest absolute Gasteiger partial charge is 0.380 e. The second-order valence-corrected chi connectivity index (χ2v) is 4.92. The minimum Gasteiger partial charge on any atom is -0.380 e. The Morgan fingerprint density at radius 1 is 1.59 bits per heavy atom. The number of likely N-dealkylation sites (tertiary alicyclic amines) is 1. The Bertz CT molecular complexity index is 247. The van der Waals surface area contributed by atoms with Gasteiger partial charge in [0.05, 0.1) is 11.6 Å². The highest BCUT2D eigenvalue weighted by atomic mass is 35.5. The number of carbonyl (C=O) groups is 1. The molecule has 0 aromatic carbocycles. The van der Waals surface area contributed by atoms with E-state index in [1.54, 1.807) is 7.11 Å². The first-order valence-corrected chi connectivity index (χ1v) is 6.12. The maximum absolute atomic E-state index is 12.2. The fourth-order valence-electron chi connectivity index (χ4n) is 2.30. The lowest BCUT2D eigenvalue weighted by Gasteiger charge is -2.36. The van der Waals surface area contributed by atoms with Gasteiger partial charge in [-0.15, -0.1) is 12.4 Å². The number of carbonyl (C=O) groups excluding carboxylic acids is 1. The second-order valence-electron chi connectivity index (χ2n) is 4.92. The van der Waals surface area contributed by atoms with E-state index in [2.05, 4.69) is 0 Å². The molecule has 0 aliphatic carbocycles. The molecule has 102 valence electrons. The van der Waals surface area contributed by atoms with E-state index in [9.17, 15) is 4.79 Å². The summed E-state index contributed by atoms with van der Waals surface area (Å²) in [5.74, 6) is 0.0658. The van der Waals surface area contributed by atoms with Crippen LogP contribution >= 0.6 is 12.4 Å². The molecule has 17 heavy (non-hydrogen) atoms. The predicted octanol–water partition coefficient (Wildman–Crippen LogP) is 1.56. The molecule has 1 aliphatic rings. The molecule has 5 heteroatoms. The van der Waals surface area contributed by atoms with Gasteiger partial charge in [-0.2, -0.15) is 0 Å². The van der Waals surface area contributed by atoms with E-state index in [-0.39, 0.29) is 24.4 Å². The zero-order valence-corrected chi connectivity index (χ0v) is 11.9. The molecule has 1 aliphatic heterocycles. The van der Waals surface area contributed by atoms with Crippen molar-refractivity contribution >= 4 is 18.3 Å². The molecule has 0 aromatic heterocycles. The number of ether oxygens (including phenoxy) is 1. The van der Waals surface area contributed by atoms with Crippen molar-refractivity contribution < 1.29 is 9.53 Å². The van der Waals surface area contributed by atoms with Crippen LogP contribution in [0.2, 0.25) is 0 Å². The monoisotopic (exact) mass is 264 g/mol. The van der Waals surface area contributed by atoms with Gasteiger partial charge in [0.2, 0.25) is 5.91 Å². The smallest absolute Gasteiger partial charge is 0.242 e. The molecule has 1 rings (SSSR count). The van der Waals surface area contributed by atoms with Crippen molar-refractivity contribution in [3.05, 3.63) is 0 Å². The van der Waals surface area contributed by atoms with Crippen molar-refractivity contribution in [3.63, 3.8) is 0 Å². The van der Waals surface area contributed by atoms with Gasteiger partial charge in [-0.25, -0.2) is 0 Å². The molecule has 0 saturated carbocycles. The van der Waals surface area contributed by atoms with Crippen molar-refractivity contribution in [2.75, 3.05) is 20.2 Å². The van der Waals surface area contributed by atoms with Gasteiger partial charge in [0.15, 0.2) is 0 Å². The first-order valence-electron chi connectivity index (χ1n) is 6.12. The van der Waals surface area contributed by atoms with Gasteiger partial charge in [-0.3, -0.25) is 4.79 Å². The van der Waals surface area contributed by atoms with Crippen LogP contribution in [-0.2, 0) is 9.53 Å². The molecular formula is C12H25ClN2O2. The lowest BCUT2D eigenvalue weighted by Crippen LogP contribution is -2.56. The topological polar surface area (TPSA) is 55.6 Å². The second kappa shape index (κ2) is 7.19. The number of nitrogens with zero attached hydrogens (tertiary/aromatic N) is 1. The van der Waals surface area contributed by atoms with Gasteiger partial charge in [0.1, 0.15) is 0 Å². The minimum atomic E-state index is -0.718. The summed E-state index contributed by atoms with van der Waals surface area (Å²) in [6.07, 6.45) is 3.89. The molecule has 1 saturated heterocycles. The Labute approximate surface area is 110 Å². The SMILES string of the molecule is CCCC(C)(N)C(=O)N1CCCC(OC)C1.Cl. The Balaban J connectivity index is 0.00000256. The fraction of sp³-hybridized carbons (Fsp3) is 0.917. The van der Waals surface area contributed by atoms with E-state index in [1.807, 2.05) is 18.7 Å². The van der Waals surface area contributed by atoms with Crippen molar-refractivity contribution in [1.29, 1.82) is 0 Å². The first-order chi connectivity index (χ1) is 7.51. The summed E-state index contributed by atoms with van der Waals surface area (Å²) >= 11 is 0. The van der Waals surface area contributed by atoms with Gasteiger partial charge in [0, 0.05) is 20.2 Å². The predicted molar refractivity (Wildman–Crippen MR) is 71.4 cm³/mol. The Morgan fingerprint density at radius 3 is 2.76 bits per heavy atom. The number of amides is 1. The highest BCUT2D eigenvalue weighted by Gasteiger charge is 2.34. The zero-order valence-electron chi connectivity index (χ0n) is 11.1. The number of hydrogen-bond acceptors (Lipinski definition) is 3. The number of hydrogen-bond donors (Lipinski definition) is 1. The molecule has 0 aromatic rings. The third kappa shape index (κ3) is 4.45. The Hall–Kier alpha value is -0.320. The summed E-state index contributed by atoms with van der Waals surface area (Å²) in [4.78, 5) is 14.1. The first kappa shape index (κ1) is 16.7. The molecule has 4 nitrogen and oxygen atoms in total. The van der Waals surface area contributed by atoms with E-state index in [0.29, 0.717) is 6.54 Å². The van der Waals surface area contributed by atoms with Crippen molar-refractivity contribution in [2.24, 2.45) is 5.73 Å². The normalized spacial score (nSPS) is 23.8. The average molecular weight is 265 g/mol. The third-order valence-corrected chi connectivity index (χ3v) is 3.26. The molecule has 2 N–H and O–H groups in total. The van der Waals surface area contributed by atoms with E-state index in [4.69, 9.17) is 10.5 Å². The lowest BCUT2D eigenvalue weighted by atomic mass is 9.94.